The molecule has 1 amide bonds. The van der Waals surface area contributed by atoms with Gasteiger partial charge in [0.2, 0.25) is 0 Å². The fourth-order valence-electron chi connectivity index (χ4n) is 2.45. The van der Waals surface area contributed by atoms with E-state index in [-0.39, 0.29) is 11.7 Å². The van der Waals surface area contributed by atoms with Crippen LogP contribution in [0.3, 0.4) is 0 Å². The number of ether oxygens (including phenoxy) is 1. The SMILES string of the molecule is CC[C@H](Oc1ccc(C)cc1C)C(=O)Nc1cccc(C(C)=O)c1. The van der Waals surface area contributed by atoms with Crippen molar-refractivity contribution in [1.29, 1.82) is 0 Å². The molecule has 0 saturated heterocycles. The molecule has 0 spiro atoms. The summed E-state index contributed by atoms with van der Waals surface area (Å²) in [6.07, 6.45) is -0.0432. The van der Waals surface area contributed by atoms with E-state index in [0.717, 1.165) is 11.1 Å². The molecule has 2 aromatic carbocycles. The number of amides is 1. The molecule has 1 N–H and O–H groups in total. The first-order valence-corrected chi connectivity index (χ1v) is 8.06. The van der Waals surface area contributed by atoms with Gasteiger partial charge in [0.1, 0.15) is 5.75 Å². The zero-order valence-corrected chi connectivity index (χ0v) is 14.6. The van der Waals surface area contributed by atoms with Gasteiger partial charge in [-0.05, 0) is 51.0 Å². The molecule has 4 heteroatoms. The molecule has 1 atom stereocenters. The third-order valence-corrected chi connectivity index (χ3v) is 3.80. The van der Waals surface area contributed by atoms with E-state index in [1.54, 1.807) is 24.3 Å². The molecule has 0 saturated carbocycles. The Hall–Kier alpha value is -2.62. The van der Waals surface area contributed by atoms with Crippen molar-refractivity contribution in [1.82, 2.24) is 0 Å². The number of anilines is 1. The summed E-state index contributed by atoms with van der Waals surface area (Å²) in [5.74, 6) is 0.447. The van der Waals surface area contributed by atoms with Gasteiger partial charge in [-0.1, -0.05) is 36.8 Å². The van der Waals surface area contributed by atoms with Crippen LogP contribution in [0.15, 0.2) is 42.5 Å². The number of hydrogen-bond donors (Lipinski definition) is 1. The average Bonchev–Trinajstić information content (AvgIpc) is 2.54. The van der Waals surface area contributed by atoms with Crippen molar-refractivity contribution in [3.63, 3.8) is 0 Å². The van der Waals surface area contributed by atoms with Gasteiger partial charge in [0.15, 0.2) is 11.9 Å². The predicted molar refractivity (Wildman–Crippen MR) is 95.7 cm³/mol. The van der Waals surface area contributed by atoms with Crippen molar-refractivity contribution < 1.29 is 14.3 Å². The van der Waals surface area contributed by atoms with Crippen LogP contribution in [0, 0.1) is 13.8 Å². The summed E-state index contributed by atoms with van der Waals surface area (Å²) < 4.78 is 5.88. The normalized spacial score (nSPS) is 11.7. The molecule has 24 heavy (non-hydrogen) atoms. The number of carbonyl (C=O) groups is 2. The monoisotopic (exact) mass is 325 g/mol. The van der Waals surface area contributed by atoms with Crippen LogP contribution in [0.4, 0.5) is 5.69 Å². The molecule has 0 aliphatic rings. The first kappa shape index (κ1) is 17.7. The summed E-state index contributed by atoms with van der Waals surface area (Å²) in [5, 5.41) is 2.82. The van der Waals surface area contributed by atoms with Crippen LogP contribution in [-0.2, 0) is 4.79 Å². The molecular weight excluding hydrogens is 302 g/mol. The van der Waals surface area contributed by atoms with E-state index in [1.807, 2.05) is 39.0 Å². The molecular formula is C20H23NO3. The molecule has 2 aromatic rings. The molecule has 0 aromatic heterocycles. The van der Waals surface area contributed by atoms with Gasteiger partial charge < -0.3 is 10.1 Å². The highest BCUT2D eigenvalue weighted by Gasteiger charge is 2.19. The highest BCUT2D eigenvalue weighted by atomic mass is 16.5. The zero-order chi connectivity index (χ0) is 17.7. The summed E-state index contributed by atoms with van der Waals surface area (Å²) in [6, 6.07) is 12.8. The molecule has 0 bridgehead atoms. The Bertz CT molecular complexity index is 752. The van der Waals surface area contributed by atoms with Crippen molar-refractivity contribution >= 4 is 17.4 Å². The Morgan fingerprint density at radius 3 is 2.50 bits per heavy atom. The van der Waals surface area contributed by atoms with E-state index >= 15 is 0 Å². The van der Waals surface area contributed by atoms with E-state index in [0.29, 0.717) is 23.4 Å². The lowest BCUT2D eigenvalue weighted by molar-refractivity contribution is -0.122. The van der Waals surface area contributed by atoms with Gasteiger partial charge in [0, 0.05) is 11.3 Å². The van der Waals surface area contributed by atoms with E-state index in [1.165, 1.54) is 6.92 Å². The number of rotatable bonds is 6. The molecule has 0 unspecified atom stereocenters. The molecule has 126 valence electrons. The molecule has 2 rings (SSSR count). The Labute approximate surface area is 142 Å². The van der Waals surface area contributed by atoms with Gasteiger partial charge in [-0.15, -0.1) is 0 Å². The maximum Gasteiger partial charge on any atom is 0.265 e. The number of benzene rings is 2. The number of nitrogens with one attached hydrogen (secondary N) is 1. The Kier molecular flexibility index (Phi) is 5.74. The van der Waals surface area contributed by atoms with Crippen molar-refractivity contribution in [2.75, 3.05) is 5.32 Å². The highest BCUT2D eigenvalue weighted by molar-refractivity contribution is 5.98. The lowest BCUT2D eigenvalue weighted by atomic mass is 10.1. The summed E-state index contributed by atoms with van der Waals surface area (Å²) >= 11 is 0. The molecule has 0 aliphatic carbocycles. The second-order valence-corrected chi connectivity index (χ2v) is 5.91. The van der Waals surface area contributed by atoms with Crippen LogP contribution < -0.4 is 10.1 Å². The van der Waals surface area contributed by atoms with Gasteiger partial charge in [0.05, 0.1) is 0 Å². The molecule has 0 radical (unpaired) electrons. The van der Waals surface area contributed by atoms with Crippen LogP contribution in [0.5, 0.6) is 5.75 Å². The number of hydrogen-bond acceptors (Lipinski definition) is 3. The van der Waals surface area contributed by atoms with Gasteiger partial charge >= 0.3 is 0 Å². The van der Waals surface area contributed by atoms with Crippen molar-refractivity contribution in [3.05, 3.63) is 59.2 Å². The average molecular weight is 325 g/mol. The molecule has 4 nitrogen and oxygen atoms in total. The van der Waals surface area contributed by atoms with E-state index in [9.17, 15) is 9.59 Å². The second-order valence-electron chi connectivity index (χ2n) is 5.91. The van der Waals surface area contributed by atoms with Crippen LogP contribution in [0.2, 0.25) is 0 Å². The quantitative estimate of drug-likeness (QED) is 0.806. The van der Waals surface area contributed by atoms with E-state index in [4.69, 9.17) is 4.74 Å². The van der Waals surface area contributed by atoms with Crippen molar-refractivity contribution in [3.8, 4) is 5.75 Å². The number of aryl methyl sites for hydroxylation is 2. The lowest BCUT2D eigenvalue weighted by Gasteiger charge is -2.19. The maximum atomic E-state index is 12.5. The topological polar surface area (TPSA) is 55.4 Å². The molecule has 0 heterocycles. The van der Waals surface area contributed by atoms with E-state index < -0.39 is 6.10 Å². The lowest BCUT2D eigenvalue weighted by Crippen LogP contribution is -2.32. The fourth-order valence-corrected chi connectivity index (χ4v) is 2.45. The maximum absolute atomic E-state index is 12.5. The van der Waals surface area contributed by atoms with Gasteiger partial charge in [-0.25, -0.2) is 0 Å². The first-order chi connectivity index (χ1) is 11.4. The zero-order valence-electron chi connectivity index (χ0n) is 14.6. The number of ketones is 1. The third kappa shape index (κ3) is 4.44. The number of Topliss-reactive ketones (excluding diaryl/α,β-unsaturated/α-hetero) is 1. The fraction of sp³-hybridized carbons (Fsp3) is 0.300. The second kappa shape index (κ2) is 7.77. The Balaban J connectivity index is 2.11. The summed E-state index contributed by atoms with van der Waals surface area (Å²) in [6.45, 7) is 7.38. The Morgan fingerprint density at radius 1 is 1.12 bits per heavy atom. The standard InChI is InChI=1S/C20H23NO3/c1-5-18(24-19-10-9-13(2)11-14(19)3)20(23)21-17-8-6-7-16(12-17)15(4)22/h6-12,18H,5H2,1-4H3,(H,21,23)/t18-/m0/s1. The minimum atomic E-state index is -0.590. The predicted octanol–water partition coefficient (Wildman–Crippen LogP) is 4.30. The van der Waals surface area contributed by atoms with Crippen molar-refractivity contribution in [2.24, 2.45) is 0 Å². The van der Waals surface area contributed by atoms with Crippen LogP contribution >= 0.6 is 0 Å². The molecule has 0 aliphatic heterocycles. The minimum Gasteiger partial charge on any atom is -0.480 e. The largest absolute Gasteiger partial charge is 0.480 e. The van der Waals surface area contributed by atoms with Crippen LogP contribution in [0.25, 0.3) is 0 Å². The first-order valence-electron chi connectivity index (χ1n) is 8.06. The molecule has 0 fully saturated rings. The van der Waals surface area contributed by atoms with Crippen LogP contribution in [0.1, 0.15) is 41.8 Å². The van der Waals surface area contributed by atoms with Crippen molar-refractivity contribution in [2.45, 2.75) is 40.2 Å². The minimum absolute atomic E-state index is 0.0373. The van der Waals surface area contributed by atoms with Gasteiger partial charge in [-0.2, -0.15) is 0 Å². The highest BCUT2D eigenvalue weighted by Crippen LogP contribution is 2.21. The summed E-state index contributed by atoms with van der Waals surface area (Å²) in [7, 11) is 0. The van der Waals surface area contributed by atoms with Crippen LogP contribution in [-0.4, -0.2) is 17.8 Å². The smallest absolute Gasteiger partial charge is 0.265 e. The summed E-state index contributed by atoms with van der Waals surface area (Å²) in [4.78, 5) is 23.9. The number of carbonyl (C=O) groups excluding carboxylic acids is 2. The van der Waals surface area contributed by atoms with E-state index in [2.05, 4.69) is 5.32 Å². The van der Waals surface area contributed by atoms with Gasteiger partial charge in [0.25, 0.3) is 5.91 Å². The summed E-state index contributed by atoms with van der Waals surface area (Å²) in [5.41, 5.74) is 3.31. The van der Waals surface area contributed by atoms with Gasteiger partial charge in [-0.3, -0.25) is 9.59 Å². The Morgan fingerprint density at radius 2 is 1.88 bits per heavy atom. The third-order valence-electron chi connectivity index (χ3n) is 3.80.